The highest BCUT2D eigenvalue weighted by atomic mass is 16.2. The number of likely N-dealkylation sites (tertiary alicyclic amines) is 1. The number of hydrogen-bond acceptors (Lipinski definition) is 4. The van der Waals surface area contributed by atoms with Crippen molar-refractivity contribution < 1.29 is 14.4 Å². The second-order valence-corrected chi connectivity index (χ2v) is 5.27. The molecule has 7 heteroatoms. The minimum Gasteiger partial charge on any atom is -0.338 e. The van der Waals surface area contributed by atoms with Crippen LogP contribution in [0.5, 0.6) is 0 Å². The molecular weight excluding hydrogens is 236 g/mol. The van der Waals surface area contributed by atoms with Gasteiger partial charge in [0.2, 0.25) is 5.91 Å². The van der Waals surface area contributed by atoms with Crippen LogP contribution in [0.1, 0.15) is 20.3 Å². The molecule has 0 aromatic rings. The normalized spacial score (nSPS) is 28.8. The summed E-state index contributed by atoms with van der Waals surface area (Å²) in [7, 11) is 0. The van der Waals surface area contributed by atoms with E-state index >= 15 is 0 Å². The van der Waals surface area contributed by atoms with Crippen molar-refractivity contribution in [2.45, 2.75) is 31.8 Å². The monoisotopic (exact) mass is 254 g/mol. The van der Waals surface area contributed by atoms with Gasteiger partial charge in [0, 0.05) is 6.54 Å². The van der Waals surface area contributed by atoms with Crippen LogP contribution in [0.3, 0.4) is 0 Å². The van der Waals surface area contributed by atoms with Gasteiger partial charge in [-0.25, -0.2) is 4.79 Å². The molecular formula is C11H18N4O3. The molecule has 2 aliphatic rings. The Labute approximate surface area is 105 Å². The highest BCUT2D eigenvalue weighted by Crippen LogP contribution is 2.25. The topological polar surface area (TPSA) is 105 Å². The van der Waals surface area contributed by atoms with E-state index < -0.39 is 17.6 Å². The van der Waals surface area contributed by atoms with Gasteiger partial charge >= 0.3 is 6.03 Å². The summed E-state index contributed by atoms with van der Waals surface area (Å²) in [6.45, 7) is 4.38. The first-order valence-electron chi connectivity index (χ1n) is 6.04. The molecule has 2 saturated heterocycles. The fourth-order valence-corrected chi connectivity index (χ4v) is 2.31. The lowest BCUT2D eigenvalue weighted by Gasteiger charge is -2.24. The summed E-state index contributed by atoms with van der Waals surface area (Å²) in [4.78, 5) is 36.5. The lowest BCUT2D eigenvalue weighted by atomic mass is 9.99. The van der Waals surface area contributed by atoms with Crippen LogP contribution in [0.2, 0.25) is 0 Å². The molecule has 4 N–H and O–H groups in total. The first-order valence-corrected chi connectivity index (χ1v) is 6.04. The van der Waals surface area contributed by atoms with Gasteiger partial charge in [0.15, 0.2) is 0 Å². The van der Waals surface area contributed by atoms with Crippen LogP contribution < -0.4 is 16.4 Å². The summed E-state index contributed by atoms with van der Waals surface area (Å²) in [5.41, 5.74) is 4.85. The number of nitrogens with two attached hydrogens (primary N) is 1. The van der Waals surface area contributed by atoms with Gasteiger partial charge in [0.05, 0.1) is 12.6 Å². The molecule has 4 amide bonds. The van der Waals surface area contributed by atoms with E-state index in [9.17, 15) is 14.4 Å². The minimum absolute atomic E-state index is 0.0426. The van der Waals surface area contributed by atoms with Gasteiger partial charge in [-0.3, -0.25) is 14.9 Å². The zero-order valence-corrected chi connectivity index (χ0v) is 10.5. The predicted molar refractivity (Wildman–Crippen MR) is 63.4 cm³/mol. The Hall–Kier alpha value is -1.63. The molecule has 0 aliphatic carbocycles. The Morgan fingerprint density at radius 3 is 2.61 bits per heavy atom. The number of nitrogens with zero attached hydrogens (tertiary/aromatic N) is 1. The van der Waals surface area contributed by atoms with E-state index in [2.05, 4.69) is 10.6 Å². The van der Waals surface area contributed by atoms with Gasteiger partial charge in [-0.15, -0.1) is 0 Å². The second kappa shape index (κ2) is 4.24. The van der Waals surface area contributed by atoms with Crippen molar-refractivity contribution in [2.24, 2.45) is 11.7 Å². The summed E-state index contributed by atoms with van der Waals surface area (Å²) < 4.78 is 0. The lowest BCUT2D eigenvalue weighted by Crippen LogP contribution is -2.52. The van der Waals surface area contributed by atoms with Crippen LogP contribution in [-0.2, 0) is 9.59 Å². The summed E-state index contributed by atoms with van der Waals surface area (Å²) in [6, 6.07) is -1.07. The van der Waals surface area contributed by atoms with Crippen LogP contribution in [0.4, 0.5) is 4.79 Å². The zero-order valence-electron chi connectivity index (χ0n) is 10.5. The molecule has 1 spiro atoms. The predicted octanol–water partition coefficient (Wildman–Crippen LogP) is -1.22. The molecule has 2 rings (SSSR count). The van der Waals surface area contributed by atoms with E-state index in [1.807, 2.05) is 13.8 Å². The van der Waals surface area contributed by atoms with Gasteiger partial charge in [-0.05, 0) is 12.3 Å². The molecule has 2 atom stereocenters. The number of amides is 4. The third kappa shape index (κ3) is 1.94. The Morgan fingerprint density at radius 1 is 1.44 bits per heavy atom. The summed E-state index contributed by atoms with van der Waals surface area (Å²) in [5.74, 6) is -0.488. The van der Waals surface area contributed by atoms with Crippen LogP contribution >= 0.6 is 0 Å². The Morgan fingerprint density at radius 2 is 2.11 bits per heavy atom. The molecule has 100 valence electrons. The fourth-order valence-electron chi connectivity index (χ4n) is 2.31. The standard InChI is InChI=1S/C11H18N4O3/c1-6(2)7(12)8(16)15-4-3-11(5-15)9(17)13-10(18)14-11/h6-7H,3-5,12H2,1-2H3,(H2,13,14,17,18)/t7-,11?/m0/s1. The van der Waals surface area contributed by atoms with Gasteiger partial charge in [0.25, 0.3) is 5.91 Å². The summed E-state index contributed by atoms with van der Waals surface area (Å²) in [5, 5.41) is 4.80. The molecule has 0 aromatic heterocycles. The Balaban J connectivity index is 2.07. The van der Waals surface area contributed by atoms with Crippen molar-refractivity contribution in [1.82, 2.24) is 15.5 Å². The first-order chi connectivity index (χ1) is 8.35. The number of carbonyl (C=O) groups is 3. The Bertz CT molecular complexity index is 409. The summed E-state index contributed by atoms with van der Waals surface area (Å²) in [6.07, 6.45) is 0.432. The van der Waals surface area contributed by atoms with Crippen LogP contribution in [-0.4, -0.2) is 47.4 Å². The number of imide groups is 1. The van der Waals surface area contributed by atoms with Gasteiger partial charge in [-0.2, -0.15) is 0 Å². The molecule has 2 fully saturated rings. The van der Waals surface area contributed by atoms with Crippen molar-refractivity contribution in [1.29, 1.82) is 0 Å². The van der Waals surface area contributed by atoms with Crippen molar-refractivity contribution in [3.05, 3.63) is 0 Å². The Kier molecular flexibility index (Phi) is 3.02. The minimum atomic E-state index is -0.955. The highest BCUT2D eigenvalue weighted by molar-refractivity contribution is 6.07. The molecule has 1 unspecified atom stereocenters. The van der Waals surface area contributed by atoms with E-state index in [1.54, 1.807) is 4.90 Å². The zero-order chi connectivity index (χ0) is 13.5. The number of rotatable bonds is 2. The summed E-state index contributed by atoms with van der Waals surface area (Å²) >= 11 is 0. The van der Waals surface area contributed by atoms with E-state index in [1.165, 1.54) is 0 Å². The van der Waals surface area contributed by atoms with E-state index in [0.717, 1.165) is 0 Å². The molecule has 0 saturated carbocycles. The third-order valence-electron chi connectivity index (χ3n) is 3.60. The van der Waals surface area contributed by atoms with Gasteiger partial charge in [0.1, 0.15) is 5.54 Å². The SMILES string of the molecule is CC(C)[C@H](N)C(=O)N1CCC2(C1)NC(=O)NC2=O. The lowest BCUT2D eigenvalue weighted by molar-refractivity contribution is -0.133. The van der Waals surface area contributed by atoms with Gasteiger partial charge in [-0.1, -0.05) is 13.8 Å². The third-order valence-corrected chi connectivity index (χ3v) is 3.60. The average molecular weight is 254 g/mol. The number of carbonyl (C=O) groups excluding carboxylic acids is 3. The number of hydrogen-bond donors (Lipinski definition) is 3. The molecule has 0 bridgehead atoms. The van der Waals surface area contributed by atoms with E-state index in [0.29, 0.717) is 13.0 Å². The van der Waals surface area contributed by atoms with Crippen molar-refractivity contribution in [3.63, 3.8) is 0 Å². The van der Waals surface area contributed by atoms with Crippen molar-refractivity contribution in [2.75, 3.05) is 13.1 Å². The highest BCUT2D eigenvalue weighted by Gasteiger charge is 2.52. The average Bonchev–Trinajstić information content (AvgIpc) is 2.82. The van der Waals surface area contributed by atoms with Crippen LogP contribution in [0, 0.1) is 5.92 Å². The van der Waals surface area contributed by atoms with Crippen LogP contribution in [0.25, 0.3) is 0 Å². The maximum absolute atomic E-state index is 12.1. The van der Waals surface area contributed by atoms with Crippen LogP contribution in [0.15, 0.2) is 0 Å². The molecule has 0 radical (unpaired) electrons. The van der Waals surface area contributed by atoms with Gasteiger partial charge < -0.3 is 16.0 Å². The van der Waals surface area contributed by atoms with Crippen molar-refractivity contribution in [3.8, 4) is 0 Å². The number of nitrogens with one attached hydrogen (secondary N) is 2. The smallest absolute Gasteiger partial charge is 0.322 e. The first kappa shape index (κ1) is 12.8. The maximum Gasteiger partial charge on any atom is 0.322 e. The molecule has 2 heterocycles. The van der Waals surface area contributed by atoms with Crippen molar-refractivity contribution >= 4 is 17.8 Å². The fraction of sp³-hybridized carbons (Fsp3) is 0.727. The largest absolute Gasteiger partial charge is 0.338 e. The molecule has 7 nitrogen and oxygen atoms in total. The van der Waals surface area contributed by atoms with E-state index in [4.69, 9.17) is 5.73 Å². The molecule has 0 aromatic carbocycles. The maximum atomic E-state index is 12.1. The number of urea groups is 1. The quantitative estimate of drug-likeness (QED) is 0.537. The second-order valence-electron chi connectivity index (χ2n) is 5.27. The molecule has 18 heavy (non-hydrogen) atoms. The molecule has 2 aliphatic heterocycles. The van der Waals surface area contributed by atoms with E-state index in [-0.39, 0.29) is 24.3 Å².